The third-order valence-electron chi connectivity index (χ3n) is 3.45. The van der Waals surface area contributed by atoms with Crippen LogP contribution in [-0.4, -0.2) is 17.7 Å². The molecule has 1 aliphatic heterocycles. The molecule has 0 aromatic heterocycles. The van der Waals surface area contributed by atoms with Crippen molar-refractivity contribution in [1.82, 2.24) is 0 Å². The molecule has 0 bridgehead atoms. The zero-order valence-corrected chi connectivity index (χ0v) is 10.7. The lowest BCUT2D eigenvalue weighted by Gasteiger charge is -2.21. The minimum Gasteiger partial charge on any atom is -0.493 e. The Balaban J connectivity index is 2.24. The Hall–Kier alpha value is -2.36. The maximum Gasteiger partial charge on any atom is 0.339 e. The largest absolute Gasteiger partial charge is 0.493 e. The van der Waals surface area contributed by atoms with Gasteiger partial charge in [0, 0.05) is 11.1 Å². The molecule has 1 N–H and O–H groups in total. The summed E-state index contributed by atoms with van der Waals surface area (Å²) in [7, 11) is 0. The summed E-state index contributed by atoms with van der Waals surface area (Å²) in [6, 6.07) is 9.85. The summed E-state index contributed by atoms with van der Waals surface area (Å²) in [4.78, 5) is 11.3. The van der Waals surface area contributed by atoms with Crippen molar-refractivity contribution < 1.29 is 19.0 Å². The van der Waals surface area contributed by atoms with E-state index in [-0.39, 0.29) is 5.56 Å². The van der Waals surface area contributed by atoms with E-state index in [1.807, 2.05) is 12.1 Å². The van der Waals surface area contributed by atoms with Crippen LogP contribution in [0.2, 0.25) is 0 Å². The first kappa shape index (κ1) is 12.7. The number of carboxylic acid groups (broad SMARTS) is 1. The van der Waals surface area contributed by atoms with Gasteiger partial charge in [0.1, 0.15) is 17.1 Å². The van der Waals surface area contributed by atoms with Crippen molar-refractivity contribution in [1.29, 1.82) is 0 Å². The minimum atomic E-state index is -1.27. The van der Waals surface area contributed by atoms with Gasteiger partial charge in [-0.1, -0.05) is 30.3 Å². The quantitative estimate of drug-likeness (QED) is 0.909. The Morgan fingerprint density at radius 3 is 2.70 bits per heavy atom. The monoisotopic (exact) mass is 272 g/mol. The van der Waals surface area contributed by atoms with Gasteiger partial charge in [0.05, 0.1) is 6.61 Å². The van der Waals surface area contributed by atoms with Gasteiger partial charge < -0.3 is 9.84 Å². The average Bonchev–Trinajstić information content (AvgIpc) is 2.46. The highest BCUT2D eigenvalue weighted by Crippen LogP contribution is 2.38. The Bertz CT molecular complexity index is 679. The highest BCUT2D eigenvalue weighted by atomic mass is 19.1. The van der Waals surface area contributed by atoms with E-state index < -0.39 is 11.8 Å². The second kappa shape index (κ2) is 4.96. The smallest absolute Gasteiger partial charge is 0.339 e. The van der Waals surface area contributed by atoms with E-state index in [4.69, 9.17) is 4.74 Å². The molecule has 4 heteroatoms. The van der Waals surface area contributed by atoms with Crippen LogP contribution in [0.5, 0.6) is 5.75 Å². The van der Waals surface area contributed by atoms with Crippen molar-refractivity contribution in [3.63, 3.8) is 0 Å². The summed E-state index contributed by atoms with van der Waals surface area (Å²) < 4.78 is 19.5. The molecule has 1 aliphatic rings. The number of hydrogen-bond acceptors (Lipinski definition) is 2. The van der Waals surface area contributed by atoms with E-state index in [1.165, 1.54) is 6.07 Å². The van der Waals surface area contributed by atoms with Crippen molar-refractivity contribution >= 4 is 5.97 Å². The molecule has 1 heterocycles. The number of hydrogen-bond donors (Lipinski definition) is 1. The lowest BCUT2D eigenvalue weighted by Crippen LogP contribution is -2.10. The molecule has 0 saturated carbocycles. The van der Waals surface area contributed by atoms with Crippen molar-refractivity contribution in [3.05, 3.63) is 53.3 Å². The summed E-state index contributed by atoms with van der Waals surface area (Å²) in [6.07, 6.45) is 1.83. The third-order valence-corrected chi connectivity index (χ3v) is 3.45. The van der Waals surface area contributed by atoms with Gasteiger partial charge in [-0.05, 0) is 24.5 Å². The molecule has 0 unspecified atom stereocenters. The van der Waals surface area contributed by atoms with Crippen molar-refractivity contribution in [2.75, 3.05) is 6.61 Å². The molecule has 0 atom stereocenters. The summed E-state index contributed by atoms with van der Waals surface area (Å²) in [5.41, 5.74) is 1.72. The number of ether oxygens (including phenoxy) is 1. The predicted molar refractivity (Wildman–Crippen MR) is 72.6 cm³/mol. The first-order valence-electron chi connectivity index (χ1n) is 6.45. The van der Waals surface area contributed by atoms with Crippen LogP contribution in [0.4, 0.5) is 4.39 Å². The Labute approximate surface area is 115 Å². The number of carboxylic acids is 1. The normalized spacial score (nSPS) is 13.4. The van der Waals surface area contributed by atoms with E-state index in [2.05, 4.69) is 0 Å². The lowest BCUT2D eigenvalue weighted by atomic mass is 9.94. The van der Waals surface area contributed by atoms with Crippen molar-refractivity contribution in [2.24, 2.45) is 0 Å². The van der Waals surface area contributed by atoms with Crippen LogP contribution in [0.25, 0.3) is 11.1 Å². The molecular weight excluding hydrogens is 259 g/mol. The standard InChI is InChI=1S/C16H13FO3/c17-13-8-2-6-11(14(13)16(18)19)12-7-1-4-10-5-3-9-20-15(10)12/h1-2,4,6-8H,3,5,9H2,(H,18,19). The van der Waals surface area contributed by atoms with E-state index in [9.17, 15) is 14.3 Å². The zero-order chi connectivity index (χ0) is 14.1. The highest BCUT2D eigenvalue weighted by Gasteiger charge is 2.22. The minimum absolute atomic E-state index is 0.310. The molecule has 2 aromatic rings. The van der Waals surface area contributed by atoms with Gasteiger partial charge in [0.25, 0.3) is 0 Å². The fourth-order valence-corrected chi connectivity index (χ4v) is 2.57. The van der Waals surface area contributed by atoms with Crippen LogP contribution >= 0.6 is 0 Å². The van der Waals surface area contributed by atoms with Crippen molar-refractivity contribution in [2.45, 2.75) is 12.8 Å². The average molecular weight is 272 g/mol. The zero-order valence-electron chi connectivity index (χ0n) is 10.7. The van der Waals surface area contributed by atoms with E-state index >= 15 is 0 Å². The summed E-state index contributed by atoms with van der Waals surface area (Å²) >= 11 is 0. The molecular formula is C16H13FO3. The van der Waals surface area contributed by atoms with Crippen LogP contribution < -0.4 is 4.74 Å². The van der Waals surface area contributed by atoms with Gasteiger partial charge in [-0.3, -0.25) is 0 Å². The number of halogens is 1. The van der Waals surface area contributed by atoms with Crippen LogP contribution in [-0.2, 0) is 6.42 Å². The number of carbonyl (C=O) groups is 1. The van der Waals surface area contributed by atoms with Crippen molar-refractivity contribution in [3.8, 4) is 16.9 Å². The third kappa shape index (κ3) is 2.03. The molecule has 0 aliphatic carbocycles. The fraction of sp³-hybridized carbons (Fsp3) is 0.188. The molecule has 3 rings (SSSR count). The molecule has 102 valence electrons. The second-order valence-electron chi connectivity index (χ2n) is 4.71. The van der Waals surface area contributed by atoms with Gasteiger partial charge >= 0.3 is 5.97 Å². The van der Waals surface area contributed by atoms with E-state index in [0.717, 1.165) is 24.5 Å². The fourth-order valence-electron chi connectivity index (χ4n) is 2.57. The maximum absolute atomic E-state index is 13.8. The highest BCUT2D eigenvalue weighted by molar-refractivity contribution is 5.97. The van der Waals surface area contributed by atoms with Crippen LogP contribution in [0.3, 0.4) is 0 Å². The molecule has 0 spiro atoms. The Morgan fingerprint density at radius 1 is 1.15 bits per heavy atom. The number of benzene rings is 2. The first-order chi connectivity index (χ1) is 9.68. The van der Waals surface area contributed by atoms with Gasteiger partial charge in [-0.25, -0.2) is 9.18 Å². The number of fused-ring (bicyclic) bond motifs is 1. The number of aromatic carboxylic acids is 1. The molecule has 0 radical (unpaired) electrons. The molecule has 20 heavy (non-hydrogen) atoms. The second-order valence-corrected chi connectivity index (χ2v) is 4.71. The summed E-state index contributed by atoms with van der Waals surface area (Å²) in [5, 5.41) is 9.23. The van der Waals surface area contributed by atoms with Gasteiger partial charge in [-0.15, -0.1) is 0 Å². The Kier molecular flexibility index (Phi) is 3.14. The van der Waals surface area contributed by atoms with E-state index in [0.29, 0.717) is 23.5 Å². The molecule has 0 saturated heterocycles. The SMILES string of the molecule is O=C(O)c1c(F)cccc1-c1cccc2c1OCCC2. The maximum atomic E-state index is 13.8. The summed E-state index contributed by atoms with van der Waals surface area (Å²) in [5.74, 6) is -1.33. The van der Waals surface area contributed by atoms with E-state index in [1.54, 1.807) is 12.1 Å². The number of aryl methyl sites for hydroxylation is 1. The molecule has 3 nitrogen and oxygen atoms in total. The van der Waals surface area contributed by atoms with Crippen LogP contribution in [0, 0.1) is 5.82 Å². The lowest BCUT2D eigenvalue weighted by molar-refractivity contribution is 0.0693. The van der Waals surface area contributed by atoms with Gasteiger partial charge in [0.15, 0.2) is 0 Å². The predicted octanol–water partition coefficient (Wildman–Crippen LogP) is 3.52. The molecule has 0 fully saturated rings. The van der Waals surface area contributed by atoms with Gasteiger partial charge in [0.2, 0.25) is 0 Å². The first-order valence-corrected chi connectivity index (χ1v) is 6.45. The number of para-hydroxylation sites is 1. The Morgan fingerprint density at radius 2 is 1.90 bits per heavy atom. The van der Waals surface area contributed by atoms with Crippen LogP contribution in [0.15, 0.2) is 36.4 Å². The van der Waals surface area contributed by atoms with Gasteiger partial charge in [-0.2, -0.15) is 0 Å². The topological polar surface area (TPSA) is 46.5 Å². The van der Waals surface area contributed by atoms with Crippen LogP contribution in [0.1, 0.15) is 22.3 Å². The molecule has 2 aromatic carbocycles. The summed E-state index contributed by atoms with van der Waals surface area (Å²) in [6.45, 7) is 0.599. The number of rotatable bonds is 2. The molecule has 0 amide bonds.